The van der Waals surface area contributed by atoms with E-state index in [1.807, 2.05) is 12.5 Å². The van der Waals surface area contributed by atoms with Crippen LogP contribution in [-0.4, -0.2) is 9.55 Å². The van der Waals surface area contributed by atoms with Crippen molar-refractivity contribution in [3.8, 4) is 5.69 Å². The Kier molecular flexibility index (Phi) is 2.95. The molecule has 3 rings (SSSR count). The van der Waals surface area contributed by atoms with Crippen LogP contribution in [0.1, 0.15) is 25.3 Å². The van der Waals surface area contributed by atoms with Gasteiger partial charge in [-0.3, -0.25) is 0 Å². The third-order valence-electron chi connectivity index (χ3n) is 3.33. The van der Waals surface area contributed by atoms with Gasteiger partial charge in [0.2, 0.25) is 0 Å². The van der Waals surface area contributed by atoms with Gasteiger partial charge in [0.1, 0.15) is 0 Å². The predicted octanol–water partition coefficient (Wildman–Crippen LogP) is 3.37. The van der Waals surface area contributed by atoms with Gasteiger partial charge in [-0.2, -0.15) is 0 Å². The zero-order valence-corrected chi connectivity index (χ0v) is 11.2. The first kappa shape index (κ1) is 11.8. The van der Waals surface area contributed by atoms with Crippen LogP contribution in [-0.2, 0) is 0 Å². The number of nitrogens with one attached hydrogen (secondary N) is 1. The standard InChI is InChI=1S/C16H17N3/c1-12-9-14(10-13(2)18-12)15-5-3-4-6-16(15)19-8-7-17-11-19/h3-11,14,18H,1-2H3. The summed E-state index contributed by atoms with van der Waals surface area (Å²) in [6, 6.07) is 8.46. The summed E-state index contributed by atoms with van der Waals surface area (Å²) in [5, 5.41) is 3.34. The predicted molar refractivity (Wildman–Crippen MR) is 77.0 cm³/mol. The first-order chi connectivity index (χ1) is 9.24. The van der Waals surface area contributed by atoms with Crippen LogP contribution in [0.25, 0.3) is 5.69 Å². The van der Waals surface area contributed by atoms with Crippen molar-refractivity contribution in [2.24, 2.45) is 0 Å². The number of benzene rings is 1. The minimum absolute atomic E-state index is 0.305. The molecule has 0 spiro atoms. The minimum Gasteiger partial charge on any atom is -0.363 e. The fourth-order valence-electron chi connectivity index (χ4n) is 2.57. The number of rotatable bonds is 2. The molecule has 1 aliphatic heterocycles. The Morgan fingerprint density at radius 3 is 2.53 bits per heavy atom. The van der Waals surface area contributed by atoms with Crippen molar-refractivity contribution in [3.05, 3.63) is 72.1 Å². The van der Waals surface area contributed by atoms with E-state index in [1.54, 1.807) is 6.20 Å². The smallest absolute Gasteiger partial charge is 0.0991 e. The van der Waals surface area contributed by atoms with Gasteiger partial charge in [0, 0.05) is 29.7 Å². The molecule has 0 bridgehead atoms. The molecule has 0 saturated heterocycles. The third-order valence-corrected chi connectivity index (χ3v) is 3.33. The lowest BCUT2D eigenvalue weighted by atomic mass is 9.93. The minimum atomic E-state index is 0.305. The molecule has 2 aromatic rings. The Morgan fingerprint density at radius 1 is 1.11 bits per heavy atom. The number of allylic oxidation sites excluding steroid dienone is 4. The van der Waals surface area contributed by atoms with Gasteiger partial charge in [-0.25, -0.2) is 4.98 Å². The van der Waals surface area contributed by atoms with E-state index in [1.165, 1.54) is 22.6 Å². The molecule has 0 unspecified atom stereocenters. The van der Waals surface area contributed by atoms with Gasteiger partial charge in [-0.05, 0) is 25.5 Å². The topological polar surface area (TPSA) is 29.9 Å². The number of aromatic nitrogens is 2. The summed E-state index contributed by atoms with van der Waals surface area (Å²) in [6.45, 7) is 4.20. The largest absolute Gasteiger partial charge is 0.363 e. The Labute approximate surface area is 113 Å². The van der Waals surface area contributed by atoms with Crippen molar-refractivity contribution in [2.45, 2.75) is 19.8 Å². The number of para-hydroxylation sites is 1. The second-order valence-electron chi connectivity index (χ2n) is 4.88. The second kappa shape index (κ2) is 4.76. The fourth-order valence-corrected chi connectivity index (χ4v) is 2.57. The van der Waals surface area contributed by atoms with Crippen molar-refractivity contribution < 1.29 is 0 Å². The van der Waals surface area contributed by atoms with E-state index in [-0.39, 0.29) is 0 Å². The molecule has 1 aromatic carbocycles. The molecule has 19 heavy (non-hydrogen) atoms. The van der Waals surface area contributed by atoms with Crippen molar-refractivity contribution in [3.63, 3.8) is 0 Å². The van der Waals surface area contributed by atoms with Crippen LogP contribution < -0.4 is 5.32 Å². The monoisotopic (exact) mass is 251 g/mol. The molecule has 0 radical (unpaired) electrons. The quantitative estimate of drug-likeness (QED) is 0.887. The highest BCUT2D eigenvalue weighted by molar-refractivity contribution is 5.48. The first-order valence-electron chi connectivity index (χ1n) is 6.45. The van der Waals surface area contributed by atoms with Crippen molar-refractivity contribution in [1.29, 1.82) is 0 Å². The number of imidazole rings is 1. The van der Waals surface area contributed by atoms with Crippen LogP contribution in [0.4, 0.5) is 0 Å². The molecule has 0 fully saturated rings. The third kappa shape index (κ3) is 2.32. The molecular formula is C16H17N3. The van der Waals surface area contributed by atoms with E-state index >= 15 is 0 Å². The number of hydrogen-bond acceptors (Lipinski definition) is 2. The molecule has 3 heteroatoms. The Balaban J connectivity index is 2.09. The van der Waals surface area contributed by atoms with E-state index < -0.39 is 0 Å². The highest BCUT2D eigenvalue weighted by Crippen LogP contribution is 2.29. The van der Waals surface area contributed by atoms with Crippen LogP contribution in [0.2, 0.25) is 0 Å². The maximum Gasteiger partial charge on any atom is 0.0991 e. The van der Waals surface area contributed by atoms with Gasteiger partial charge in [0.25, 0.3) is 0 Å². The van der Waals surface area contributed by atoms with E-state index in [2.05, 4.69) is 65.1 Å². The number of nitrogens with zero attached hydrogens (tertiary/aromatic N) is 2. The molecule has 0 amide bonds. The van der Waals surface area contributed by atoms with E-state index in [9.17, 15) is 0 Å². The van der Waals surface area contributed by atoms with Crippen LogP contribution >= 0.6 is 0 Å². The first-order valence-corrected chi connectivity index (χ1v) is 6.45. The van der Waals surface area contributed by atoms with Gasteiger partial charge in [-0.1, -0.05) is 30.4 Å². The summed E-state index contributed by atoms with van der Waals surface area (Å²) in [5.41, 5.74) is 4.87. The van der Waals surface area contributed by atoms with Gasteiger partial charge in [0.05, 0.1) is 12.0 Å². The maximum atomic E-state index is 4.13. The van der Waals surface area contributed by atoms with Gasteiger partial charge in [-0.15, -0.1) is 0 Å². The van der Waals surface area contributed by atoms with E-state index in [4.69, 9.17) is 0 Å². The number of hydrogen-bond donors (Lipinski definition) is 1. The summed E-state index contributed by atoms with van der Waals surface area (Å²) in [4.78, 5) is 4.13. The summed E-state index contributed by atoms with van der Waals surface area (Å²) >= 11 is 0. The van der Waals surface area contributed by atoms with Gasteiger partial charge < -0.3 is 9.88 Å². The second-order valence-corrected chi connectivity index (χ2v) is 4.88. The van der Waals surface area contributed by atoms with E-state index in [0.29, 0.717) is 5.92 Å². The van der Waals surface area contributed by atoms with Crippen LogP contribution in [0, 0.1) is 0 Å². The fraction of sp³-hybridized carbons (Fsp3) is 0.188. The van der Waals surface area contributed by atoms with Gasteiger partial charge in [0.15, 0.2) is 0 Å². The average Bonchev–Trinajstić information content (AvgIpc) is 2.91. The zero-order chi connectivity index (χ0) is 13.2. The van der Waals surface area contributed by atoms with Crippen molar-refractivity contribution in [1.82, 2.24) is 14.9 Å². The number of dihydropyridines is 1. The Hall–Kier alpha value is -2.29. The molecule has 0 atom stereocenters. The van der Waals surface area contributed by atoms with E-state index in [0.717, 1.165) is 0 Å². The molecular weight excluding hydrogens is 234 g/mol. The highest BCUT2D eigenvalue weighted by atomic mass is 15.0. The molecule has 1 aromatic heterocycles. The molecule has 0 saturated carbocycles. The zero-order valence-electron chi connectivity index (χ0n) is 11.2. The maximum absolute atomic E-state index is 4.13. The molecule has 1 aliphatic rings. The molecule has 96 valence electrons. The molecule has 1 N–H and O–H groups in total. The summed E-state index contributed by atoms with van der Waals surface area (Å²) in [5.74, 6) is 0.305. The normalized spacial score (nSPS) is 15.7. The average molecular weight is 251 g/mol. The summed E-state index contributed by atoms with van der Waals surface area (Å²) < 4.78 is 2.06. The Morgan fingerprint density at radius 2 is 1.84 bits per heavy atom. The lowest BCUT2D eigenvalue weighted by Crippen LogP contribution is -2.15. The summed E-state index contributed by atoms with van der Waals surface area (Å²) in [7, 11) is 0. The van der Waals surface area contributed by atoms with Crippen LogP contribution in [0.3, 0.4) is 0 Å². The van der Waals surface area contributed by atoms with Gasteiger partial charge >= 0.3 is 0 Å². The lowest BCUT2D eigenvalue weighted by molar-refractivity contribution is 0.861. The van der Waals surface area contributed by atoms with Crippen molar-refractivity contribution in [2.75, 3.05) is 0 Å². The summed E-state index contributed by atoms with van der Waals surface area (Å²) in [6.07, 6.45) is 10.1. The lowest BCUT2D eigenvalue weighted by Gasteiger charge is -2.21. The molecule has 3 nitrogen and oxygen atoms in total. The molecule has 0 aliphatic carbocycles. The highest BCUT2D eigenvalue weighted by Gasteiger charge is 2.15. The molecule has 2 heterocycles. The van der Waals surface area contributed by atoms with Crippen LogP contribution in [0.15, 0.2) is 66.5 Å². The van der Waals surface area contributed by atoms with Crippen molar-refractivity contribution >= 4 is 0 Å². The van der Waals surface area contributed by atoms with Crippen LogP contribution in [0.5, 0.6) is 0 Å². The SMILES string of the molecule is CC1=CC(c2ccccc2-n2ccnc2)C=C(C)N1. The Bertz CT molecular complexity index is 618.